The van der Waals surface area contributed by atoms with Crippen LogP contribution in [0.3, 0.4) is 0 Å². The molecule has 3 aromatic rings. The largest absolute Gasteiger partial charge is 0.352 e. The van der Waals surface area contributed by atoms with E-state index >= 15 is 0 Å². The SMILES string of the molecule is Cc1nn(-c2ccc(C(=O)NCCC3=CCC=N3)cc2C#Cc2ccccc2)c(C)c1C. The summed E-state index contributed by atoms with van der Waals surface area (Å²) in [5, 5.41) is 7.68. The summed E-state index contributed by atoms with van der Waals surface area (Å²) in [6.07, 6.45) is 5.56. The maximum absolute atomic E-state index is 12.8. The van der Waals surface area contributed by atoms with Gasteiger partial charge in [-0.2, -0.15) is 5.10 Å². The lowest BCUT2D eigenvalue weighted by Gasteiger charge is -2.11. The molecule has 2 aromatic carbocycles. The number of amides is 1. The summed E-state index contributed by atoms with van der Waals surface area (Å²) >= 11 is 0. The number of nitrogens with zero attached hydrogens (tertiary/aromatic N) is 3. The minimum absolute atomic E-state index is 0.119. The molecule has 0 fully saturated rings. The van der Waals surface area contributed by atoms with Crippen LogP contribution in [-0.4, -0.2) is 28.4 Å². The summed E-state index contributed by atoms with van der Waals surface area (Å²) in [7, 11) is 0. The van der Waals surface area contributed by atoms with Crippen molar-refractivity contribution in [1.29, 1.82) is 0 Å². The van der Waals surface area contributed by atoms with E-state index in [1.54, 1.807) is 0 Å². The average molecular weight is 423 g/mol. The molecular formula is C27H26N4O. The zero-order valence-electron chi connectivity index (χ0n) is 18.6. The summed E-state index contributed by atoms with van der Waals surface area (Å²) in [5.41, 5.74) is 7.34. The highest BCUT2D eigenvalue weighted by Crippen LogP contribution is 2.21. The van der Waals surface area contributed by atoms with Gasteiger partial charge in [0, 0.05) is 48.1 Å². The summed E-state index contributed by atoms with van der Waals surface area (Å²) < 4.78 is 1.91. The number of hydrogen-bond donors (Lipinski definition) is 1. The van der Waals surface area contributed by atoms with Gasteiger partial charge in [-0.3, -0.25) is 9.79 Å². The van der Waals surface area contributed by atoms with E-state index in [-0.39, 0.29) is 5.91 Å². The Balaban J connectivity index is 1.64. The Hall–Kier alpha value is -3.91. The molecule has 0 spiro atoms. The third-order valence-electron chi connectivity index (χ3n) is 5.64. The topological polar surface area (TPSA) is 59.3 Å². The Kier molecular flexibility index (Phi) is 6.32. The average Bonchev–Trinajstić information content (AvgIpc) is 3.42. The first-order valence-corrected chi connectivity index (χ1v) is 10.8. The molecule has 0 unspecified atom stereocenters. The first-order chi connectivity index (χ1) is 15.5. The van der Waals surface area contributed by atoms with Crippen molar-refractivity contribution in [3.63, 3.8) is 0 Å². The standard InChI is InChI=1S/C27H26N4O/c1-19-20(2)30-31(21(19)3)26-14-13-24(27(32)29-17-15-25-10-7-16-28-25)18-23(26)12-11-22-8-5-4-6-9-22/h4-6,8-10,13-14,16,18H,7,15,17H2,1-3H3,(H,29,32). The maximum Gasteiger partial charge on any atom is 0.251 e. The number of carbonyl (C=O) groups is 1. The van der Waals surface area contributed by atoms with Crippen molar-refractivity contribution in [3.8, 4) is 17.5 Å². The predicted molar refractivity (Wildman–Crippen MR) is 128 cm³/mol. The van der Waals surface area contributed by atoms with E-state index in [9.17, 15) is 4.79 Å². The fourth-order valence-corrected chi connectivity index (χ4v) is 3.56. The molecule has 5 nitrogen and oxygen atoms in total. The van der Waals surface area contributed by atoms with Gasteiger partial charge in [-0.15, -0.1) is 0 Å². The number of hydrogen-bond acceptors (Lipinski definition) is 3. The van der Waals surface area contributed by atoms with Crippen LogP contribution in [-0.2, 0) is 0 Å². The number of aromatic nitrogens is 2. The van der Waals surface area contributed by atoms with Gasteiger partial charge in [-0.1, -0.05) is 36.1 Å². The number of benzene rings is 2. The number of aryl methyl sites for hydroxylation is 1. The smallest absolute Gasteiger partial charge is 0.251 e. The molecule has 1 aliphatic heterocycles. The van der Waals surface area contributed by atoms with Crippen LogP contribution in [0.2, 0.25) is 0 Å². The first-order valence-electron chi connectivity index (χ1n) is 10.8. The van der Waals surface area contributed by atoms with Crippen LogP contribution in [0.4, 0.5) is 0 Å². The molecule has 0 atom stereocenters. The molecule has 0 radical (unpaired) electrons. The zero-order chi connectivity index (χ0) is 22.5. The van der Waals surface area contributed by atoms with E-state index in [4.69, 9.17) is 5.10 Å². The minimum Gasteiger partial charge on any atom is -0.352 e. The molecular weight excluding hydrogens is 396 g/mol. The number of carbonyl (C=O) groups excluding carboxylic acids is 1. The third kappa shape index (κ3) is 4.70. The fraction of sp³-hybridized carbons (Fsp3) is 0.222. The van der Waals surface area contributed by atoms with Gasteiger partial charge in [0.05, 0.1) is 16.9 Å². The number of nitrogens with one attached hydrogen (secondary N) is 1. The van der Waals surface area contributed by atoms with Gasteiger partial charge in [0.25, 0.3) is 5.91 Å². The molecule has 5 heteroatoms. The van der Waals surface area contributed by atoms with Gasteiger partial charge < -0.3 is 5.32 Å². The fourth-order valence-electron chi connectivity index (χ4n) is 3.56. The van der Waals surface area contributed by atoms with Crippen LogP contribution < -0.4 is 5.32 Å². The van der Waals surface area contributed by atoms with E-state index in [1.807, 2.05) is 73.3 Å². The van der Waals surface area contributed by atoms with Crippen LogP contribution in [0.5, 0.6) is 0 Å². The lowest BCUT2D eigenvalue weighted by molar-refractivity contribution is 0.0954. The lowest BCUT2D eigenvalue weighted by atomic mass is 10.1. The minimum atomic E-state index is -0.119. The Bertz CT molecular complexity index is 1270. The van der Waals surface area contributed by atoms with Crippen molar-refractivity contribution in [3.05, 3.63) is 93.9 Å². The van der Waals surface area contributed by atoms with E-state index in [0.717, 1.165) is 52.3 Å². The molecule has 1 amide bonds. The van der Waals surface area contributed by atoms with Crippen molar-refractivity contribution in [1.82, 2.24) is 15.1 Å². The van der Waals surface area contributed by atoms with Crippen LogP contribution in [0.25, 0.3) is 5.69 Å². The molecule has 4 rings (SSSR count). The molecule has 1 N–H and O–H groups in total. The number of aliphatic imine (C=N–C) groups is 1. The highest BCUT2D eigenvalue weighted by Gasteiger charge is 2.14. The van der Waals surface area contributed by atoms with Gasteiger partial charge in [-0.25, -0.2) is 4.68 Å². The molecule has 0 bridgehead atoms. The van der Waals surface area contributed by atoms with Gasteiger partial charge >= 0.3 is 0 Å². The van der Waals surface area contributed by atoms with Crippen molar-refractivity contribution in [2.75, 3.05) is 6.54 Å². The van der Waals surface area contributed by atoms with Crippen LogP contribution in [0.15, 0.2) is 65.3 Å². The summed E-state index contributed by atoms with van der Waals surface area (Å²) in [4.78, 5) is 17.1. The molecule has 2 heterocycles. The molecule has 0 aliphatic carbocycles. The second-order valence-corrected chi connectivity index (χ2v) is 7.80. The Labute approximate surface area is 188 Å². The summed E-state index contributed by atoms with van der Waals surface area (Å²) in [6.45, 7) is 6.66. The van der Waals surface area contributed by atoms with E-state index in [2.05, 4.69) is 35.1 Å². The normalized spacial score (nSPS) is 12.3. The molecule has 32 heavy (non-hydrogen) atoms. The quantitative estimate of drug-likeness (QED) is 0.607. The van der Waals surface area contributed by atoms with Gasteiger partial charge in [0.15, 0.2) is 0 Å². The van der Waals surface area contributed by atoms with Gasteiger partial charge in [-0.05, 0) is 56.7 Å². The highest BCUT2D eigenvalue weighted by atomic mass is 16.1. The van der Waals surface area contributed by atoms with E-state index in [0.29, 0.717) is 12.1 Å². The second kappa shape index (κ2) is 9.49. The predicted octanol–water partition coefficient (Wildman–Crippen LogP) is 4.68. The van der Waals surface area contributed by atoms with E-state index in [1.165, 1.54) is 0 Å². The summed E-state index contributed by atoms with van der Waals surface area (Å²) in [5.74, 6) is 6.35. The third-order valence-corrected chi connectivity index (χ3v) is 5.64. The monoisotopic (exact) mass is 422 g/mol. The van der Waals surface area contributed by atoms with Crippen LogP contribution in [0, 0.1) is 32.6 Å². The van der Waals surface area contributed by atoms with Crippen molar-refractivity contribution >= 4 is 12.1 Å². The Morgan fingerprint density at radius 3 is 2.59 bits per heavy atom. The molecule has 0 saturated carbocycles. The van der Waals surface area contributed by atoms with Crippen LogP contribution >= 0.6 is 0 Å². The van der Waals surface area contributed by atoms with Gasteiger partial charge in [0.2, 0.25) is 0 Å². The zero-order valence-corrected chi connectivity index (χ0v) is 18.6. The van der Waals surface area contributed by atoms with Crippen LogP contribution in [0.1, 0.15) is 51.3 Å². The Morgan fingerprint density at radius 1 is 1.09 bits per heavy atom. The highest BCUT2D eigenvalue weighted by molar-refractivity contribution is 5.95. The van der Waals surface area contributed by atoms with Crippen molar-refractivity contribution in [2.24, 2.45) is 4.99 Å². The first kappa shape index (κ1) is 21.3. The lowest BCUT2D eigenvalue weighted by Crippen LogP contribution is -2.24. The second-order valence-electron chi connectivity index (χ2n) is 7.80. The number of allylic oxidation sites excluding steroid dienone is 1. The maximum atomic E-state index is 12.8. The molecule has 0 saturated heterocycles. The van der Waals surface area contributed by atoms with E-state index < -0.39 is 0 Å². The van der Waals surface area contributed by atoms with Gasteiger partial charge in [0.1, 0.15) is 0 Å². The molecule has 160 valence electrons. The number of rotatable bonds is 5. The molecule has 1 aliphatic rings. The van der Waals surface area contributed by atoms with Crippen molar-refractivity contribution < 1.29 is 4.79 Å². The van der Waals surface area contributed by atoms with Crippen molar-refractivity contribution in [2.45, 2.75) is 33.6 Å². The molecule has 1 aromatic heterocycles. The summed E-state index contributed by atoms with van der Waals surface area (Å²) in [6, 6.07) is 15.4. The Morgan fingerprint density at radius 2 is 1.91 bits per heavy atom.